The van der Waals surface area contributed by atoms with E-state index in [-0.39, 0.29) is 25.1 Å². The first-order chi connectivity index (χ1) is 6.79. The van der Waals surface area contributed by atoms with Crippen molar-refractivity contribution in [3.05, 3.63) is 0 Å². The lowest BCUT2D eigenvalue weighted by Gasteiger charge is -2.33. The number of carbonyl (C=O) groups is 1. The minimum absolute atomic E-state index is 0.115. The molecule has 0 aromatic rings. The Morgan fingerprint density at radius 2 is 2.50 bits per heavy atom. The highest BCUT2D eigenvalue weighted by molar-refractivity contribution is 6.18. The topological polar surface area (TPSA) is 59.0 Å². The number of morpholine rings is 1. The van der Waals surface area contributed by atoms with Gasteiger partial charge in [-0.1, -0.05) is 0 Å². The summed E-state index contributed by atoms with van der Waals surface area (Å²) in [6.07, 6.45) is -0.437. The Hall–Kier alpha value is -0.520. The van der Waals surface area contributed by atoms with Crippen molar-refractivity contribution in [3.63, 3.8) is 0 Å². The van der Waals surface area contributed by atoms with E-state index in [0.717, 1.165) is 0 Å². The summed E-state index contributed by atoms with van der Waals surface area (Å²) in [5.74, 6) is 0.278. The number of alkyl halides is 1. The van der Waals surface area contributed by atoms with Gasteiger partial charge >= 0.3 is 6.09 Å². The number of halogens is 1. The first-order valence-electron chi connectivity index (χ1n) is 4.47. The van der Waals surface area contributed by atoms with Crippen LogP contribution in [0.15, 0.2) is 0 Å². The van der Waals surface area contributed by atoms with Gasteiger partial charge in [-0.15, -0.1) is 11.6 Å². The maximum atomic E-state index is 11.4. The van der Waals surface area contributed by atoms with Gasteiger partial charge in [-0.2, -0.15) is 0 Å². The molecule has 1 fully saturated rings. The zero-order chi connectivity index (χ0) is 10.4. The van der Waals surface area contributed by atoms with Crippen molar-refractivity contribution >= 4 is 17.7 Å². The number of carbonyl (C=O) groups excluding carboxylic acids is 1. The molecule has 1 atom stereocenters. The second-order valence-corrected chi connectivity index (χ2v) is 3.29. The number of aliphatic hydroxyl groups is 1. The summed E-state index contributed by atoms with van der Waals surface area (Å²) < 4.78 is 9.97. The molecule has 82 valence electrons. The van der Waals surface area contributed by atoms with E-state index >= 15 is 0 Å². The minimum Gasteiger partial charge on any atom is -0.448 e. The van der Waals surface area contributed by atoms with Crippen molar-refractivity contribution in [3.8, 4) is 0 Å². The van der Waals surface area contributed by atoms with E-state index in [9.17, 15) is 4.79 Å². The predicted octanol–water partition coefficient (Wildman–Crippen LogP) is 0.0549. The van der Waals surface area contributed by atoms with Crippen LogP contribution in [0, 0.1) is 0 Å². The monoisotopic (exact) mass is 223 g/mol. The minimum atomic E-state index is -0.437. The van der Waals surface area contributed by atoms with Gasteiger partial charge < -0.3 is 14.6 Å². The Kier molecular flexibility index (Phi) is 5.00. The van der Waals surface area contributed by atoms with E-state index in [2.05, 4.69) is 0 Å². The average molecular weight is 224 g/mol. The summed E-state index contributed by atoms with van der Waals surface area (Å²) in [5.41, 5.74) is 0. The Bertz CT molecular complexity index is 190. The Morgan fingerprint density at radius 1 is 1.71 bits per heavy atom. The summed E-state index contributed by atoms with van der Waals surface area (Å²) in [6, 6.07) is -0.299. The maximum Gasteiger partial charge on any atom is 0.410 e. The third kappa shape index (κ3) is 3.01. The predicted molar refractivity (Wildman–Crippen MR) is 50.5 cm³/mol. The van der Waals surface area contributed by atoms with Crippen LogP contribution in [0.25, 0.3) is 0 Å². The van der Waals surface area contributed by atoms with E-state index in [4.69, 9.17) is 26.2 Å². The molecule has 1 aliphatic rings. The van der Waals surface area contributed by atoms with Gasteiger partial charge in [-0.25, -0.2) is 4.79 Å². The zero-order valence-corrected chi connectivity index (χ0v) is 8.57. The largest absolute Gasteiger partial charge is 0.448 e. The fraction of sp³-hybridized carbons (Fsp3) is 0.875. The molecule has 1 N–H and O–H groups in total. The summed E-state index contributed by atoms with van der Waals surface area (Å²) in [6.45, 7) is 1.36. The second kappa shape index (κ2) is 6.06. The van der Waals surface area contributed by atoms with Gasteiger partial charge in [-0.05, 0) is 0 Å². The van der Waals surface area contributed by atoms with Crippen LogP contribution in [0.4, 0.5) is 4.79 Å². The molecule has 1 saturated heterocycles. The third-order valence-electron chi connectivity index (χ3n) is 1.98. The number of amides is 1. The molecular formula is C8H14ClNO4. The molecule has 1 aliphatic heterocycles. The highest BCUT2D eigenvalue weighted by atomic mass is 35.5. The van der Waals surface area contributed by atoms with Crippen molar-refractivity contribution in [1.29, 1.82) is 0 Å². The van der Waals surface area contributed by atoms with Crippen molar-refractivity contribution < 1.29 is 19.4 Å². The van der Waals surface area contributed by atoms with Gasteiger partial charge in [0.15, 0.2) is 0 Å². The van der Waals surface area contributed by atoms with Crippen LogP contribution in [-0.4, -0.2) is 61.0 Å². The molecule has 0 bridgehead atoms. The van der Waals surface area contributed by atoms with Crippen molar-refractivity contribution in [2.45, 2.75) is 6.04 Å². The van der Waals surface area contributed by atoms with Crippen molar-refractivity contribution in [1.82, 2.24) is 4.90 Å². The molecule has 1 amide bonds. The first kappa shape index (κ1) is 11.6. The quantitative estimate of drug-likeness (QED) is 0.688. The van der Waals surface area contributed by atoms with E-state index in [1.807, 2.05) is 0 Å². The molecule has 5 nitrogen and oxygen atoms in total. The summed E-state index contributed by atoms with van der Waals surface area (Å²) >= 11 is 5.38. The molecule has 0 radical (unpaired) electrons. The smallest absolute Gasteiger partial charge is 0.410 e. The third-order valence-corrected chi connectivity index (χ3v) is 2.13. The lowest BCUT2D eigenvalue weighted by atomic mass is 10.2. The number of nitrogens with zero attached hydrogens (tertiary/aromatic N) is 1. The van der Waals surface area contributed by atoms with Crippen LogP contribution in [0.1, 0.15) is 0 Å². The molecule has 0 aliphatic carbocycles. The highest BCUT2D eigenvalue weighted by Crippen LogP contribution is 2.08. The van der Waals surface area contributed by atoms with Gasteiger partial charge in [0, 0.05) is 6.54 Å². The normalized spacial score (nSPS) is 22.1. The number of hydrogen-bond donors (Lipinski definition) is 1. The Morgan fingerprint density at radius 3 is 3.14 bits per heavy atom. The zero-order valence-electron chi connectivity index (χ0n) is 7.82. The summed E-state index contributed by atoms with van der Waals surface area (Å²) in [7, 11) is 0. The van der Waals surface area contributed by atoms with Gasteiger partial charge in [0.2, 0.25) is 0 Å². The van der Waals surface area contributed by atoms with Crippen LogP contribution < -0.4 is 0 Å². The molecule has 0 spiro atoms. The molecule has 0 aromatic carbocycles. The molecule has 1 heterocycles. The standard InChI is InChI=1S/C8H14ClNO4/c9-1-3-14-8(12)10-2-4-13-6-7(10)5-11/h7,11H,1-6H2. The van der Waals surface area contributed by atoms with E-state index in [0.29, 0.717) is 19.8 Å². The molecule has 0 aromatic heterocycles. The van der Waals surface area contributed by atoms with Crippen LogP contribution >= 0.6 is 11.6 Å². The van der Waals surface area contributed by atoms with Crippen molar-refractivity contribution in [2.24, 2.45) is 0 Å². The van der Waals surface area contributed by atoms with Crippen LogP contribution in [0.2, 0.25) is 0 Å². The molecule has 1 rings (SSSR count). The maximum absolute atomic E-state index is 11.4. The molecule has 14 heavy (non-hydrogen) atoms. The van der Waals surface area contributed by atoms with Gasteiger partial charge in [0.25, 0.3) is 0 Å². The average Bonchev–Trinajstić information content (AvgIpc) is 2.25. The molecule has 6 heteroatoms. The number of hydrogen-bond acceptors (Lipinski definition) is 4. The Labute approximate surface area is 87.5 Å². The summed E-state index contributed by atoms with van der Waals surface area (Å²) in [4.78, 5) is 12.9. The van der Waals surface area contributed by atoms with Crippen molar-refractivity contribution in [2.75, 3.05) is 38.9 Å². The van der Waals surface area contributed by atoms with Crippen LogP contribution in [-0.2, 0) is 9.47 Å². The molecule has 0 saturated carbocycles. The second-order valence-electron chi connectivity index (χ2n) is 2.91. The first-order valence-corrected chi connectivity index (χ1v) is 5.01. The van der Waals surface area contributed by atoms with E-state index in [1.165, 1.54) is 4.90 Å². The fourth-order valence-electron chi connectivity index (χ4n) is 1.26. The number of rotatable bonds is 3. The van der Waals surface area contributed by atoms with E-state index in [1.54, 1.807) is 0 Å². The van der Waals surface area contributed by atoms with E-state index < -0.39 is 6.09 Å². The SMILES string of the molecule is O=C(OCCCl)N1CCOCC1CO. The fourth-order valence-corrected chi connectivity index (χ4v) is 1.33. The summed E-state index contributed by atoms with van der Waals surface area (Å²) in [5, 5.41) is 8.98. The number of ether oxygens (including phenoxy) is 2. The van der Waals surface area contributed by atoms with Gasteiger partial charge in [0.05, 0.1) is 31.7 Å². The number of aliphatic hydroxyl groups excluding tert-OH is 1. The molecule has 1 unspecified atom stereocenters. The van der Waals surface area contributed by atoms with Crippen LogP contribution in [0.3, 0.4) is 0 Å². The van der Waals surface area contributed by atoms with Crippen LogP contribution in [0.5, 0.6) is 0 Å². The highest BCUT2D eigenvalue weighted by Gasteiger charge is 2.27. The lowest BCUT2D eigenvalue weighted by molar-refractivity contribution is -0.0249. The lowest BCUT2D eigenvalue weighted by Crippen LogP contribution is -2.50. The Balaban J connectivity index is 2.41. The van der Waals surface area contributed by atoms with Gasteiger partial charge in [-0.3, -0.25) is 4.90 Å². The molecular weight excluding hydrogens is 210 g/mol. The van der Waals surface area contributed by atoms with Gasteiger partial charge in [0.1, 0.15) is 6.61 Å².